The van der Waals surface area contributed by atoms with Gasteiger partial charge in [-0.1, -0.05) is 17.7 Å². The molecular weight excluding hydrogens is 246 g/mol. The van der Waals surface area contributed by atoms with Crippen molar-refractivity contribution >= 4 is 17.3 Å². The minimum Gasteiger partial charge on any atom is -0.398 e. The molecule has 1 unspecified atom stereocenters. The Hall–Kier alpha value is -0.770. The average molecular weight is 268 g/mol. The van der Waals surface area contributed by atoms with Gasteiger partial charge in [0.05, 0.1) is 10.7 Å². The molecule has 0 radical (unpaired) electrons. The highest BCUT2D eigenvalue weighted by Gasteiger charge is 2.19. The highest BCUT2D eigenvalue weighted by atomic mass is 35.5. The van der Waals surface area contributed by atoms with Gasteiger partial charge in [-0.3, -0.25) is 4.90 Å². The van der Waals surface area contributed by atoms with E-state index < -0.39 is 0 Å². The molecule has 0 aliphatic carbocycles. The Labute approximate surface area is 115 Å². The van der Waals surface area contributed by atoms with Crippen LogP contribution in [0.25, 0.3) is 0 Å². The van der Waals surface area contributed by atoms with E-state index in [0.29, 0.717) is 16.8 Å². The van der Waals surface area contributed by atoms with Crippen molar-refractivity contribution in [3.8, 4) is 0 Å². The molecule has 100 valence electrons. The summed E-state index contributed by atoms with van der Waals surface area (Å²) in [6.45, 7) is 6.71. The topological polar surface area (TPSA) is 32.5 Å². The first-order chi connectivity index (χ1) is 8.56. The summed E-state index contributed by atoms with van der Waals surface area (Å²) in [5.74, 6) is 0. The van der Waals surface area contributed by atoms with Crippen molar-refractivity contribution in [2.24, 2.45) is 0 Å². The highest BCUT2D eigenvalue weighted by Crippen LogP contribution is 2.21. The molecule has 1 aromatic rings. The van der Waals surface area contributed by atoms with Crippen LogP contribution in [0.5, 0.6) is 0 Å². The second kappa shape index (κ2) is 5.91. The molecule has 3 nitrogen and oxygen atoms in total. The van der Waals surface area contributed by atoms with Crippen LogP contribution < -0.4 is 5.73 Å². The van der Waals surface area contributed by atoms with E-state index in [1.807, 2.05) is 12.1 Å². The Morgan fingerprint density at radius 2 is 2.17 bits per heavy atom. The molecule has 1 aromatic carbocycles. The van der Waals surface area contributed by atoms with Crippen molar-refractivity contribution in [3.63, 3.8) is 0 Å². The van der Waals surface area contributed by atoms with E-state index in [2.05, 4.69) is 29.8 Å². The predicted molar refractivity (Wildman–Crippen MR) is 77.9 cm³/mol. The van der Waals surface area contributed by atoms with E-state index in [1.165, 1.54) is 18.5 Å². The monoisotopic (exact) mass is 267 g/mol. The zero-order valence-electron chi connectivity index (χ0n) is 11.2. The number of hydrogen-bond donors (Lipinski definition) is 1. The number of nitrogen functional groups attached to an aromatic ring is 1. The van der Waals surface area contributed by atoms with Gasteiger partial charge in [-0.25, -0.2) is 0 Å². The fraction of sp³-hybridized carbons (Fsp3) is 0.571. The Morgan fingerprint density at radius 1 is 1.39 bits per heavy atom. The number of hydrogen-bond acceptors (Lipinski definition) is 3. The normalized spacial score (nSPS) is 22.9. The van der Waals surface area contributed by atoms with Crippen LogP contribution in [0.3, 0.4) is 0 Å². The van der Waals surface area contributed by atoms with Gasteiger partial charge in [-0.05, 0) is 44.6 Å². The maximum atomic E-state index is 5.95. The SMILES string of the molecule is CC1CN(C)CCCN1Cc1ccc(Cl)c(N)c1. The minimum absolute atomic E-state index is 0.578. The molecule has 1 aliphatic heterocycles. The summed E-state index contributed by atoms with van der Waals surface area (Å²) in [6, 6.07) is 6.53. The fourth-order valence-electron chi connectivity index (χ4n) is 2.58. The summed E-state index contributed by atoms with van der Waals surface area (Å²) in [4.78, 5) is 4.92. The Bertz CT molecular complexity index is 408. The molecule has 1 saturated heterocycles. The quantitative estimate of drug-likeness (QED) is 0.836. The summed E-state index contributed by atoms with van der Waals surface area (Å²) in [6.07, 6.45) is 1.23. The number of rotatable bonds is 2. The van der Waals surface area contributed by atoms with E-state index >= 15 is 0 Å². The summed E-state index contributed by atoms with van der Waals surface area (Å²) in [7, 11) is 2.19. The van der Waals surface area contributed by atoms with Crippen molar-refractivity contribution in [2.45, 2.75) is 25.9 Å². The van der Waals surface area contributed by atoms with Crippen molar-refractivity contribution in [1.29, 1.82) is 0 Å². The number of benzene rings is 1. The van der Waals surface area contributed by atoms with Crippen molar-refractivity contribution < 1.29 is 0 Å². The van der Waals surface area contributed by atoms with Crippen LogP contribution in [0, 0.1) is 0 Å². The largest absolute Gasteiger partial charge is 0.398 e. The highest BCUT2D eigenvalue weighted by molar-refractivity contribution is 6.33. The zero-order chi connectivity index (χ0) is 13.1. The van der Waals surface area contributed by atoms with Gasteiger partial charge in [0.2, 0.25) is 0 Å². The Morgan fingerprint density at radius 3 is 2.89 bits per heavy atom. The number of likely N-dealkylation sites (N-methyl/N-ethyl adjacent to an activating group) is 1. The van der Waals surface area contributed by atoms with Crippen LogP contribution in [-0.2, 0) is 6.54 Å². The zero-order valence-corrected chi connectivity index (χ0v) is 12.0. The molecule has 0 spiro atoms. The standard InChI is InChI=1S/C14H22ClN3/c1-11-9-17(2)6-3-7-18(11)10-12-4-5-13(15)14(16)8-12/h4-5,8,11H,3,6-7,9-10,16H2,1-2H3. The molecule has 1 aliphatic rings. The molecule has 1 atom stereocenters. The molecule has 0 amide bonds. The Kier molecular flexibility index (Phi) is 4.49. The lowest BCUT2D eigenvalue weighted by molar-refractivity contribution is 0.194. The first-order valence-corrected chi connectivity index (χ1v) is 6.90. The van der Waals surface area contributed by atoms with Crippen molar-refractivity contribution in [3.05, 3.63) is 28.8 Å². The molecule has 2 rings (SSSR count). The molecule has 1 fully saturated rings. The van der Waals surface area contributed by atoms with Crippen LogP contribution >= 0.6 is 11.6 Å². The lowest BCUT2D eigenvalue weighted by atomic mass is 10.1. The van der Waals surface area contributed by atoms with Gasteiger partial charge in [-0.2, -0.15) is 0 Å². The van der Waals surface area contributed by atoms with Crippen LogP contribution in [0.4, 0.5) is 5.69 Å². The third kappa shape index (κ3) is 3.37. The predicted octanol–water partition coefficient (Wildman–Crippen LogP) is 2.45. The summed E-state index contributed by atoms with van der Waals surface area (Å²) in [5.41, 5.74) is 7.77. The van der Waals surface area contributed by atoms with E-state index in [9.17, 15) is 0 Å². The fourth-order valence-corrected chi connectivity index (χ4v) is 2.70. The second-order valence-electron chi connectivity index (χ2n) is 5.29. The molecule has 4 heteroatoms. The van der Waals surface area contributed by atoms with Gasteiger partial charge in [0.15, 0.2) is 0 Å². The van der Waals surface area contributed by atoms with Gasteiger partial charge in [0.25, 0.3) is 0 Å². The van der Waals surface area contributed by atoms with Crippen LogP contribution in [-0.4, -0.2) is 42.5 Å². The molecule has 0 saturated carbocycles. The second-order valence-corrected chi connectivity index (χ2v) is 5.70. The third-order valence-electron chi connectivity index (χ3n) is 3.63. The molecule has 18 heavy (non-hydrogen) atoms. The summed E-state index contributed by atoms with van der Waals surface area (Å²) in [5, 5.41) is 0.641. The van der Waals surface area contributed by atoms with E-state index in [-0.39, 0.29) is 0 Å². The molecule has 2 N–H and O–H groups in total. The van der Waals surface area contributed by atoms with Crippen LogP contribution in [0.1, 0.15) is 18.9 Å². The first-order valence-electron chi connectivity index (χ1n) is 6.53. The average Bonchev–Trinajstić information content (AvgIpc) is 2.46. The van der Waals surface area contributed by atoms with Crippen LogP contribution in [0.15, 0.2) is 18.2 Å². The molecule has 0 aromatic heterocycles. The third-order valence-corrected chi connectivity index (χ3v) is 3.97. The van der Waals surface area contributed by atoms with Crippen LogP contribution in [0.2, 0.25) is 5.02 Å². The van der Waals surface area contributed by atoms with Crippen molar-refractivity contribution in [1.82, 2.24) is 9.80 Å². The molecule has 1 heterocycles. The number of nitrogens with two attached hydrogens (primary N) is 1. The summed E-state index contributed by atoms with van der Waals surface area (Å²) >= 11 is 5.95. The number of halogens is 1. The first kappa shape index (κ1) is 13.7. The summed E-state index contributed by atoms with van der Waals surface area (Å²) < 4.78 is 0. The van der Waals surface area contributed by atoms with E-state index in [4.69, 9.17) is 17.3 Å². The molecule has 0 bridgehead atoms. The maximum absolute atomic E-state index is 5.95. The van der Waals surface area contributed by atoms with Gasteiger partial charge in [-0.15, -0.1) is 0 Å². The maximum Gasteiger partial charge on any atom is 0.0635 e. The van der Waals surface area contributed by atoms with E-state index in [1.54, 1.807) is 0 Å². The van der Waals surface area contributed by atoms with Gasteiger partial charge in [0.1, 0.15) is 0 Å². The number of nitrogens with zero attached hydrogens (tertiary/aromatic N) is 2. The Balaban J connectivity index is 2.05. The molecular formula is C14H22ClN3. The minimum atomic E-state index is 0.578. The lowest BCUT2D eigenvalue weighted by Gasteiger charge is -2.28. The van der Waals surface area contributed by atoms with Gasteiger partial charge < -0.3 is 10.6 Å². The van der Waals surface area contributed by atoms with E-state index in [0.717, 1.165) is 19.6 Å². The smallest absolute Gasteiger partial charge is 0.0635 e. The van der Waals surface area contributed by atoms with Gasteiger partial charge >= 0.3 is 0 Å². The lowest BCUT2D eigenvalue weighted by Crippen LogP contribution is -2.37. The van der Waals surface area contributed by atoms with Gasteiger partial charge in [0, 0.05) is 25.7 Å². The van der Waals surface area contributed by atoms with Crippen molar-refractivity contribution in [2.75, 3.05) is 32.4 Å². The number of anilines is 1.